The van der Waals surface area contributed by atoms with Crippen LogP contribution in [0.25, 0.3) is 0 Å². The lowest BCUT2D eigenvalue weighted by atomic mass is 10.1. The Kier molecular flexibility index (Phi) is 5.35. The molecule has 2 unspecified atom stereocenters. The standard InChI is InChI=1S/C15H20FNO3/c16-12-4-2-5-13(9-12)20-8-7-15(19)17-14-6-1-3-11(14)10-18/h2,4-5,9,11,14,18H,1,3,6-8,10H2,(H,17,19). The molecule has 1 aliphatic rings. The molecule has 0 saturated heterocycles. The van der Waals surface area contributed by atoms with Gasteiger partial charge in [-0.15, -0.1) is 0 Å². The first kappa shape index (κ1) is 14.8. The number of aliphatic hydroxyl groups excluding tert-OH is 1. The molecule has 110 valence electrons. The smallest absolute Gasteiger partial charge is 0.223 e. The summed E-state index contributed by atoms with van der Waals surface area (Å²) in [5.74, 6) is 0.144. The van der Waals surface area contributed by atoms with Crippen LogP contribution in [0, 0.1) is 11.7 Å². The normalized spacial score (nSPS) is 21.7. The highest BCUT2D eigenvalue weighted by Crippen LogP contribution is 2.25. The van der Waals surface area contributed by atoms with Crippen molar-refractivity contribution in [1.82, 2.24) is 5.32 Å². The zero-order valence-electron chi connectivity index (χ0n) is 11.3. The van der Waals surface area contributed by atoms with E-state index in [0.29, 0.717) is 5.75 Å². The Hall–Kier alpha value is -1.62. The Balaban J connectivity index is 1.70. The van der Waals surface area contributed by atoms with Gasteiger partial charge < -0.3 is 15.2 Å². The van der Waals surface area contributed by atoms with Crippen LogP contribution in [0.5, 0.6) is 5.75 Å². The summed E-state index contributed by atoms with van der Waals surface area (Å²) in [4.78, 5) is 11.8. The number of hydrogen-bond donors (Lipinski definition) is 2. The summed E-state index contributed by atoms with van der Waals surface area (Å²) in [7, 11) is 0. The van der Waals surface area contributed by atoms with Crippen molar-refractivity contribution in [2.24, 2.45) is 5.92 Å². The number of ether oxygens (including phenoxy) is 1. The number of halogens is 1. The van der Waals surface area contributed by atoms with Crippen molar-refractivity contribution in [2.75, 3.05) is 13.2 Å². The lowest BCUT2D eigenvalue weighted by molar-refractivity contribution is -0.122. The summed E-state index contributed by atoms with van der Waals surface area (Å²) in [6.07, 6.45) is 3.14. The van der Waals surface area contributed by atoms with Crippen molar-refractivity contribution in [3.63, 3.8) is 0 Å². The molecule has 2 atom stereocenters. The van der Waals surface area contributed by atoms with Crippen LogP contribution in [-0.4, -0.2) is 30.3 Å². The minimum Gasteiger partial charge on any atom is -0.493 e. The van der Waals surface area contributed by atoms with Crippen molar-refractivity contribution >= 4 is 5.91 Å². The van der Waals surface area contributed by atoms with E-state index in [1.54, 1.807) is 12.1 Å². The second-order valence-electron chi connectivity index (χ2n) is 5.10. The van der Waals surface area contributed by atoms with Crippen molar-refractivity contribution in [3.05, 3.63) is 30.1 Å². The maximum absolute atomic E-state index is 12.9. The third-order valence-electron chi connectivity index (χ3n) is 3.63. The maximum Gasteiger partial charge on any atom is 0.223 e. The molecule has 1 fully saturated rings. The second-order valence-corrected chi connectivity index (χ2v) is 5.10. The predicted molar refractivity (Wildman–Crippen MR) is 72.9 cm³/mol. The first-order valence-corrected chi connectivity index (χ1v) is 6.97. The number of aliphatic hydroxyl groups is 1. The van der Waals surface area contributed by atoms with Gasteiger partial charge in [-0.1, -0.05) is 12.5 Å². The highest BCUT2D eigenvalue weighted by atomic mass is 19.1. The Bertz CT molecular complexity index is 452. The number of nitrogens with one attached hydrogen (secondary N) is 1. The summed E-state index contributed by atoms with van der Waals surface area (Å²) in [6.45, 7) is 0.330. The van der Waals surface area contributed by atoms with E-state index in [2.05, 4.69) is 5.32 Å². The topological polar surface area (TPSA) is 58.6 Å². The van der Waals surface area contributed by atoms with Gasteiger partial charge in [0.25, 0.3) is 0 Å². The third kappa shape index (κ3) is 4.20. The summed E-state index contributed by atoms with van der Waals surface area (Å²) in [5, 5.41) is 12.1. The monoisotopic (exact) mass is 281 g/mol. The Labute approximate surface area is 117 Å². The van der Waals surface area contributed by atoms with Gasteiger partial charge in [-0.25, -0.2) is 4.39 Å². The number of amides is 1. The lowest BCUT2D eigenvalue weighted by Gasteiger charge is -2.19. The number of benzene rings is 1. The molecule has 1 amide bonds. The van der Waals surface area contributed by atoms with E-state index in [0.717, 1.165) is 19.3 Å². The minimum absolute atomic E-state index is 0.0710. The van der Waals surface area contributed by atoms with Crippen LogP contribution < -0.4 is 10.1 Å². The number of carbonyl (C=O) groups is 1. The quantitative estimate of drug-likeness (QED) is 0.837. The summed E-state index contributed by atoms with van der Waals surface area (Å²) < 4.78 is 18.2. The molecule has 1 saturated carbocycles. The van der Waals surface area contributed by atoms with Crippen LogP contribution in [0.15, 0.2) is 24.3 Å². The molecule has 0 spiro atoms. The Morgan fingerprint density at radius 2 is 2.30 bits per heavy atom. The van der Waals surface area contributed by atoms with E-state index < -0.39 is 0 Å². The fourth-order valence-electron chi connectivity index (χ4n) is 2.54. The largest absolute Gasteiger partial charge is 0.493 e. The molecule has 20 heavy (non-hydrogen) atoms. The van der Waals surface area contributed by atoms with Gasteiger partial charge in [0, 0.05) is 24.6 Å². The zero-order chi connectivity index (χ0) is 14.4. The first-order chi connectivity index (χ1) is 9.69. The molecule has 1 aliphatic carbocycles. The highest BCUT2D eigenvalue weighted by molar-refractivity contribution is 5.76. The summed E-state index contributed by atoms with van der Waals surface area (Å²) >= 11 is 0. The van der Waals surface area contributed by atoms with Gasteiger partial charge in [0.2, 0.25) is 5.91 Å². The van der Waals surface area contributed by atoms with E-state index in [1.165, 1.54) is 12.1 Å². The van der Waals surface area contributed by atoms with E-state index in [4.69, 9.17) is 4.74 Å². The average Bonchev–Trinajstić information content (AvgIpc) is 2.86. The number of carbonyl (C=O) groups excluding carboxylic acids is 1. The van der Waals surface area contributed by atoms with Gasteiger partial charge in [0.15, 0.2) is 0 Å². The van der Waals surface area contributed by atoms with Gasteiger partial charge in [0.1, 0.15) is 11.6 Å². The number of hydrogen-bond acceptors (Lipinski definition) is 3. The van der Waals surface area contributed by atoms with Gasteiger partial charge in [-0.3, -0.25) is 4.79 Å². The molecule has 5 heteroatoms. The third-order valence-corrected chi connectivity index (χ3v) is 3.63. The van der Waals surface area contributed by atoms with Crippen LogP contribution in [-0.2, 0) is 4.79 Å². The summed E-state index contributed by atoms with van der Waals surface area (Å²) in [6, 6.07) is 5.92. The molecular weight excluding hydrogens is 261 g/mol. The lowest BCUT2D eigenvalue weighted by Crippen LogP contribution is -2.39. The van der Waals surface area contributed by atoms with Crippen molar-refractivity contribution in [2.45, 2.75) is 31.7 Å². The van der Waals surface area contributed by atoms with Crippen molar-refractivity contribution < 1.29 is 19.0 Å². The van der Waals surface area contributed by atoms with Gasteiger partial charge >= 0.3 is 0 Å². The van der Waals surface area contributed by atoms with E-state index in [-0.39, 0.29) is 43.3 Å². The molecule has 1 aromatic rings. The van der Waals surface area contributed by atoms with Crippen molar-refractivity contribution in [1.29, 1.82) is 0 Å². The van der Waals surface area contributed by atoms with Crippen LogP contribution in [0.3, 0.4) is 0 Å². The predicted octanol–water partition coefficient (Wildman–Crippen LogP) is 1.87. The van der Waals surface area contributed by atoms with Crippen molar-refractivity contribution in [3.8, 4) is 5.75 Å². The number of rotatable bonds is 6. The Morgan fingerprint density at radius 1 is 1.45 bits per heavy atom. The van der Waals surface area contributed by atoms with Gasteiger partial charge in [0.05, 0.1) is 13.0 Å². The molecule has 0 radical (unpaired) electrons. The summed E-state index contributed by atoms with van der Waals surface area (Å²) in [5.41, 5.74) is 0. The fraction of sp³-hybridized carbons (Fsp3) is 0.533. The highest BCUT2D eigenvalue weighted by Gasteiger charge is 2.27. The Morgan fingerprint density at radius 3 is 3.05 bits per heavy atom. The molecular formula is C15H20FNO3. The molecule has 0 bridgehead atoms. The molecule has 2 rings (SSSR count). The maximum atomic E-state index is 12.9. The molecule has 0 aliphatic heterocycles. The minimum atomic E-state index is -0.358. The average molecular weight is 281 g/mol. The van der Waals surface area contributed by atoms with Gasteiger partial charge in [-0.2, -0.15) is 0 Å². The molecule has 4 nitrogen and oxygen atoms in total. The molecule has 1 aromatic carbocycles. The van der Waals surface area contributed by atoms with Crippen LogP contribution >= 0.6 is 0 Å². The van der Waals surface area contributed by atoms with E-state index in [9.17, 15) is 14.3 Å². The molecule has 0 heterocycles. The van der Waals surface area contributed by atoms with Crippen LogP contribution in [0.2, 0.25) is 0 Å². The zero-order valence-corrected chi connectivity index (χ0v) is 11.3. The van der Waals surface area contributed by atoms with Crippen LogP contribution in [0.1, 0.15) is 25.7 Å². The second kappa shape index (κ2) is 7.24. The van der Waals surface area contributed by atoms with Gasteiger partial charge in [-0.05, 0) is 25.0 Å². The SMILES string of the molecule is O=C(CCOc1cccc(F)c1)NC1CCCC1CO. The van der Waals surface area contributed by atoms with Crippen LogP contribution in [0.4, 0.5) is 4.39 Å². The molecule has 2 N–H and O–H groups in total. The van der Waals surface area contributed by atoms with E-state index in [1.807, 2.05) is 0 Å². The fourth-order valence-corrected chi connectivity index (χ4v) is 2.54. The van der Waals surface area contributed by atoms with E-state index >= 15 is 0 Å². The first-order valence-electron chi connectivity index (χ1n) is 6.97. The molecule has 0 aromatic heterocycles.